The van der Waals surface area contributed by atoms with Crippen LogP contribution >= 0.6 is 11.6 Å². The van der Waals surface area contributed by atoms with Crippen molar-refractivity contribution in [2.45, 2.75) is 24.7 Å². The van der Waals surface area contributed by atoms with Gasteiger partial charge in [0.05, 0.1) is 12.0 Å². The first-order chi connectivity index (χ1) is 6.18. The summed E-state index contributed by atoms with van der Waals surface area (Å²) < 4.78 is 10.5. The maximum atomic E-state index is 11.3. The second kappa shape index (κ2) is 2.25. The zero-order chi connectivity index (χ0) is 9.16. The maximum Gasteiger partial charge on any atom is 0.312 e. The van der Waals surface area contributed by atoms with E-state index in [1.165, 1.54) is 0 Å². The lowest BCUT2D eigenvalue weighted by Crippen LogP contribution is -2.34. The SMILES string of the molecule is O=C(Cl)C1C2CC3OC(=O)C1C3O2. The number of rotatable bonds is 1. The fourth-order valence-electron chi connectivity index (χ4n) is 2.60. The molecule has 3 rings (SSSR count). The largest absolute Gasteiger partial charge is 0.459 e. The first-order valence-electron chi connectivity index (χ1n) is 4.24. The fourth-order valence-corrected chi connectivity index (χ4v) is 2.88. The van der Waals surface area contributed by atoms with Crippen molar-refractivity contribution in [1.29, 1.82) is 0 Å². The molecule has 0 N–H and O–H groups in total. The Kier molecular flexibility index (Phi) is 1.34. The molecule has 0 aromatic rings. The molecule has 5 unspecified atom stereocenters. The Balaban J connectivity index is 2.01. The lowest BCUT2D eigenvalue weighted by molar-refractivity contribution is -0.145. The zero-order valence-corrected chi connectivity index (χ0v) is 7.36. The van der Waals surface area contributed by atoms with Gasteiger partial charge in [-0.05, 0) is 11.6 Å². The van der Waals surface area contributed by atoms with Gasteiger partial charge >= 0.3 is 5.97 Å². The quantitative estimate of drug-likeness (QED) is 0.447. The molecule has 3 heterocycles. The van der Waals surface area contributed by atoms with Crippen LogP contribution < -0.4 is 0 Å². The van der Waals surface area contributed by atoms with Gasteiger partial charge in [0.15, 0.2) is 0 Å². The summed E-state index contributed by atoms with van der Waals surface area (Å²) in [6.45, 7) is 0. The van der Waals surface area contributed by atoms with Crippen LogP contribution in [0.25, 0.3) is 0 Å². The van der Waals surface area contributed by atoms with E-state index in [1.54, 1.807) is 0 Å². The van der Waals surface area contributed by atoms with Gasteiger partial charge in [-0.25, -0.2) is 0 Å². The van der Waals surface area contributed by atoms with Gasteiger partial charge in [-0.3, -0.25) is 9.59 Å². The van der Waals surface area contributed by atoms with Gasteiger partial charge in [0, 0.05) is 6.42 Å². The molecule has 3 aliphatic heterocycles. The predicted octanol–water partition coefficient (Wildman–Crippen LogP) is 0.0807. The van der Waals surface area contributed by atoms with Gasteiger partial charge in [0.2, 0.25) is 5.24 Å². The average molecular weight is 203 g/mol. The van der Waals surface area contributed by atoms with Crippen LogP contribution in [-0.4, -0.2) is 29.5 Å². The number of fused-ring (bicyclic) bond motifs is 1. The Labute approximate surface area is 79.1 Å². The Morgan fingerprint density at radius 2 is 2.23 bits per heavy atom. The van der Waals surface area contributed by atoms with Gasteiger partial charge in [-0.15, -0.1) is 0 Å². The molecule has 3 fully saturated rings. The van der Waals surface area contributed by atoms with Crippen LogP contribution in [0.5, 0.6) is 0 Å². The molecule has 0 aliphatic carbocycles. The third kappa shape index (κ3) is 0.802. The molecule has 0 radical (unpaired) electrons. The number of esters is 1. The molecule has 70 valence electrons. The molecule has 0 aromatic carbocycles. The van der Waals surface area contributed by atoms with Crippen LogP contribution in [0.3, 0.4) is 0 Å². The number of ether oxygens (including phenoxy) is 2. The Morgan fingerprint density at radius 1 is 1.46 bits per heavy atom. The van der Waals surface area contributed by atoms with Crippen molar-refractivity contribution < 1.29 is 19.1 Å². The molecular weight excluding hydrogens is 196 g/mol. The maximum absolute atomic E-state index is 11.3. The monoisotopic (exact) mass is 202 g/mol. The van der Waals surface area contributed by atoms with Crippen LogP contribution in [0.15, 0.2) is 0 Å². The predicted molar refractivity (Wildman–Crippen MR) is 41.0 cm³/mol. The Hall–Kier alpha value is -0.610. The molecular formula is C8H7ClO4. The molecule has 3 aliphatic rings. The third-order valence-electron chi connectivity index (χ3n) is 3.11. The minimum absolute atomic E-state index is 0.130. The summed E-state index contributed by atoms with van der Waals surface area (Å²) >= 11 is 5.41. The van der Waals surface area contributed by atoms with Crippen molar-refractivity contribution >= 4 is 22.8 Å². The van der Waals surface area contributed by atoms with Crippen molar-refractivity contribution in [2.75, 3.05) is 0 Å². The number of carbonyl (C=O) groups excluding carboxylic acids is 2. The summed E-state index contributed by atoms with van der Waals surface area (Å²) in [6, 6.07) is 0. The minimum Gasteiger partial charge on any atom is -0.459 e. The lowest BCUT2D eigenvalue weighted by atomic mass is 9.81. The van der Waals surface area contributed by atoms with Crippen molar-refractivity contribution in [3.05, 3.63) is 0 Å². The van der Waals surface area contributed by atoms with E-state index in [2.05, 4.69) is 0 Å². The molecule has 0 amide bonds. The zero-order valence-electron chi connectivity index (χ0n) is 6.60. The molecule has 5 heteroatoms. The van der Waals surface area contributed by atoms with E-state index in [1.807, 2.05) is 0 Å². The van der Waals surface area contributed by atoms with Crippen LogP contribution in [-0.2, 0) is 19.1 Å². The summed E-state index contributed by atoms with van der Waals surface area (Å²) in [6.07, 6.45) is 0.0761. The van der Waals surface area contributed by atoms with Gasteiger partial charge in [0.1, 0.15) is 18.1 Å². The van der Waals surface area contributed by atoms with Gasteiger partial charge in [0.25, 0.3) is 0 Å². The van der Waals surface area contributed by atoms with E-state index in [4.69, 9.17) is 21.1 Å². The van der Waals surface area contributed by atoms with Gasteiger partial charge < -0.3 is 9.47 Å². The second-order valence-corrected chi connectivity index (χ2v) is 4.08. The van der Waals surface area contributed by atoms with Crippen LogP contribution in [0.1, 0.15) is 6.42 Å². The smallest absolute Gasteiger partial charge is 0.312 e. The number of carbonyl (C=O) groups is 2. The highest BCUT2D eigenvalue weighted by molar-refractivity contribution is 6.64. The van der Waals surface area contributed by atoms with E-state index >= 15 is 0 Å². The van der Waals surface area contributed by atoms with Crippen LogP contribution in [0.4, 0.5) is 0 Å². The molecule has 2 bridgehead atoms. The molecule has 0 spiro atoms. The molecule has 0 saturated carbocycles. The van der Waals surface area contributed by atoms with Crippen LogP contribution in [0.2, 0.25) is 0 Å². The van der Waals surface area contributed by atoms with Gasteiger partial charge in [-0.2, -0.15) is 0 Å². The summed E-state index contributed by atoms with van der Waals surface area (Å²) in [4.78, 5) is 22.3. The Morgan fingerprint density at radius 3 is 2.92 bits per heavy atom. The molecule has 4 nitrogen and oxygen atoms in total. The van der Waals surface area contributed by atoms with E-state index in [0.29, 0.717) is 6.42 Å². The first kappa shape index (κ1) is 7.76. The second-order valence-electron chi connectivity index (χ2n) is 3.71. The third-order valence-corrected chi connectivity index (χ3v) is 3.36. The van der Waals surface area contributed by atoms with Gasteiger partial charge in [-0.1, -0.05) is 0 Å². The highest BCUT2D eigenvalue weighted by atomic mass is 35.5. The van der Waals surface area contributed by atoms with E-state index < -0.39 is 17.1 Å². The minimum atomic E-state index is -0.477. The molecule has 5 atom stereocenters. The summed E-state index contributed by atoms with van der Waals surface area (Å²) in [5, 5.41) is -0.477. The molecule has 3 saturated heterocycles. The molecule has 0 aromatic heterocycles. The van der Waals surface area contributed by atoms with E-state index in [0.717, 1.165) is 0 Å². The standard InChI is InChI=1S/C8H7ClO4/c9-7(10)4-2-1-3-6(12-2)5(4)8(11)13-3/h2-6H,1H2. The van der Waals surface area contributed by atoms with Crippen molar-refractivity contribution in [3.63, 3.8) is 0 Å². The summed E-state index contributed by atoms with van der Waals surface area (Å²) in [7, 11) is 0. The first-order valence-corrected chi connectivity index (χ1v) is 4.61. The lowest BCUT2D eigenvalue weighted by Gasteiger charge is -2.16. The fraction of sp³-hybridized carbons (Fsp3) is 0.750. The Bertz CT molecular complexity index is 301. The number of halogens is 1. The normalized spacial score (nSPS) is 51.2. The van der Waals surface area contributed by atoms with Crippen molar-refractivity contribution in [3.8, 4) is 0 Å². The number of hydrogen-bond donors (Lipinski definition) is 0. The molecule has 13 heavy (non-hydrogen) atoms. The summed E-state index contributed by atoms with van der Waals surface area (Å²) in [5.41, 5.74) is 0. The van der Waals surface area contributed by atoms with Crippen molar-refractivity contribution in [2.24, 2.45) is 11.8 Å². The highest BCUT2D eigenvalue weighted by Crippen LogP contribution is 2.50. The highest BCUT2D eigenvalue weighted by Gasteiger charge is 2.65. The number of hydrogen-bond acceptors (Lipinski definition) is 4. The van der Waals surface area contributed by atoms with E-state index in [9.17, 15) is 9.59 Å². The summed E-state index contributed by atoms with van der Waals surface area (Å²) in [5.74, 6) is -1.24. The topological polar surface area (TPSA) is 52.6 Å². The van der Waals surface area contributed by atoms with E-state index in [-0.39, 0.29) is 24.3 Å². The van der Waals surface area contributed by atoms with Crippen LogP contribution in [0, 0.1) is 11.8 Å². The average Bonchev–Trinajstić information content (AvgIpc) is 2.60. The van der Waals surface area contributed by atoms with Crippen molar-refractivity contribution in [1.82, 2.24) is 0 Å².